The van der Waals surface area contributed by atoms with Crippen LogP contribution in [0, 0.1) is 0 Å². The Bertz CT molecular complexity index is 302. The molecule has 1 heterocycles. The summed E-state index contributed by atoms with van der Waals surface area (Å²) in [6, 6.07) is 11.1. The highest BCUT2D eigenvalue weighted by Gasteiger charge is 2.32. The molecule has 1 aliphatic heterocycles. The van der Waals surface area contributed by atoms with Crippen LogP contribution in [-0.2, 0) is 5.41 Å². The van der Waals surface area contributed by atoms with E-state index < -0.39 is 0 Å². The minimum absolute atomic E-state index is 0. The summed E-state index contributed by atoms with van der Waals surface area (Å²) in [6.45, 7) is 4.65. The fourth-order valence-electron chi connectivity index (χ4n) is 2.90. The number of hydrogen-bond acceptors (Lipinski definition) is 2. The predicted octanol–water partition coefficient (Wildman–Crippen LogP) is 3.66. The molecule has 1 aromatic rings. The molecule has 0 saturated carbocycles. The molecule has 0 atom stereocenters. The van der Waals surface area contributed by atoms with Gasteiger partial charge in [-0.1, -0.05) is 50.1 Å². The fraction of sp³-hybridized carbons (Fsp3) is 0.600. The third kappa shape index (κ3) is 3.30. The van der Waals surface area contributed by atoms with Gasteiger partial charge in [0, 0.05) is 0 Å². The Kier molecular flexibility index (Phi) is 5.66. The normalized spacial score (nSPS) is 18.4. The summed E-state index contributed by atoms with van der Waals surface area (Å²) in [5.74, 6) is 0. The number of nitrogens with one attached hydrogen (secondary N) is 1. The fourth-order valence-corrected chi connectivity index (χ4v) is 2.90. The Balaban J connectivity index is 0.00000144. The largest absolute Gasteiger partial charge is 0.344 e. The van der Waals surface area contributed by atoms with Crippen LogP contribution in [0.1, 0.15) is 44.6 Å². The van der Waals surface area contributed by atoms with Gasteiger partial charge in [-0.2, -0.15) is 0 Å². The van der Waals surface area contributed by atoms with Gasteiger partial charge in [-0.05, 0) is 43.3 Å². The number of rotatable bonds is 4. The van der Waals surface area contributed by atoms with E-state index in [9.17, 15) is 0 Å². The lowest BCUT2D eigenvalue weighted by atomic mass is 9.70. The van der Waals surface area contributed by atoms with E-state index in [1.165, 1.54) is 45.2 Å². The standard InChI is InChI=1S/C15H23N.H3N/c1-2-3-9-15(10-12-16-13-11-15)14-7-5-4-6-8-14;/h4-8,16H,2-3,9-13H2,1H3;1H3. The van der Waals surface area contributed by atoms with Gasteiger partial charge in [0.25, 0.3) is 0 Å². The number of piperidine rings is 1. The summed E-state index contributed by atoms with van der Waals surface area (Å²) in [6.07, 6.45) is 6.63. The van der Waals surface area contributed by atoms with Crippen LogP contribution in [0.4, 0.5) is 0 Å². The van der Waals surface area contributed by atoms with Crippen molar-refractivity contribution >= 4 is 0 Å². The van der Waals surface area contributed by atoms with Gasteiger partial charge in [0.1, 0.15) is 0 Å². The molecule has 0 spiro atoms. The molecule has 1 saturated heterocycles. The molecule has 1 aliphatic rings. The van der Waals surface area contributed by atoms with Gasteiger partial charge in [0.2, 0.25) is 0 Å². The van der Waals surface area contributed by atoms with Gasteiger partial charge in [-0.3, -0.25) is 0 Å². The number of hydrogen-bond donors (Lipinski definition) is 2. The van der Waals surface area contributed by atoms with Crippen molar-refractivity contribution in [1.29, 1.82) is 0 Å². The molecular formula is C15H26N2. The predicted molar refractivity (Wildman–Crippen MR) is 74.8 cm³/mol. The summed E-state index contributed by atoms with van der Waals surface area (Å²) in [5.41, 5.74) is 2.02. The molecule has 96 valence electrons. The van der Waals surface area contributed by atoms with Crippen LogP contribution in [0.2, 0.25) is 0 Å². The van der Waals surface area contributed by atoms with Crippen LogP contribution in [-0.4, -0.2) is 13.1 Å². The summed E-state index contributed by atoms with van der Waals surface area (Å²) in [4.78, 5) is 0. The Hall–Kier alpha value is -0.860. The molecule has 0 aliphatic carbocycles. The van der Waals surface area contributed by atoms with E-state index in [2.05, 4.69) is 42.6 Å². The van der Waals surface area contributed by atoms with Crippen LogP contribution >= 0.6 is 0 Å². The molecule has 0 radical (unpaired) electrons. The number of unbranched alkanes of at least 4 members (excludes halogenated alkanes) is 1. The minimum Gasteiger partial charge on any atom is -0.344 e. The zero-order chi connectivity index (χ0) is 11.3. The molecule has 0 aromatic heterocycles. The lowest BCUT2D eigenvalue weighted by molar-refractivity contribution is 0.281. The zero-order valence-corrected chi connectivity index (χ0v) is 11.0. The molecule has 2 nitrogen and oxygen atoms in total. The number of benzene rings is 1. The molecule has 0 bridgehead atoms. The van der Waals surface area contributed by atoms with Gasteiger partial charge in [0.05, 0.1) is 0 Å². The van der Waals surface area contributed by atoms with E-state index >= 15 is 0 Å². The molecule has 2 rings (SSSR count). The molecule has 0 amide bonds. The van der Waals surface area contributed by atoms with Gasteiger partial charge in [0.15, 0.2) is 0 Å². The van der Waals surface area contributed by atoms with E-state index in [4.69, 9.17) is 0 Å². The molecule has 1 aromatic carbocycles. The highest BCUT2D eigenvalue weighted by molar-refractivity contribution is 5.26. The van der Waals surface area contributed by atoms with Crippen LogP contribution in [0.15, 0.2) is 30.3 Å². The van der Waals surface area contributed by atoms with E-state index in [1.54, 1.807) is 5.56 Å². The highest BCUT2D eigenvalue weighted by Crippen LogP contribution is 2.38. The van der Waals surface area contributed by atoms with Crippen molar-refractivity contribution in [3.63, 3.8) is 0 Å². The summed E-state index contributed by atoms with van der Waals surface area (Å²) in [5, 5.41) is 3.49. The van der Waals surface area contributed by atoms with E-state index in [-0.39, 0.29) is 6.15 Å². The smallest absolute Gasteiger partial charge is 0.00229 e. The third-order valence-electron chi connectivity index (χ3n) is 3.96. The quantitative estimate of drug-likeness (QED) is 0.835. The lowest BCUT2D eigenvalue weighted by Gasteiger charge is -2.38. The molecule has 2 heteroatoms. The monoisotopic (exact) mass is 234 g/mol. The second-order valence-electron chi connectivity index (χ2n) is 5.00. The van der Waals surface area contributed by atoms with Crippen LogP contribution in [0.3, 0.4) is 0 Å². The third-order valence-corrected chi connectivity index (χ3v) is 3.96. The van der Waals surface area contributed by atoms with Crippen molar-refractivity contribution in [3.8, 4) is 0 Å². The Morgan fingerprint density at radius 3 is 2.35 bits per heavy atom. The zero-order valence-electron chi connectivity index (χ0n) is 11.0. The van der Waals surface area contributed by atoms with Gasteiger partial charge >= 0.3 is 0 Å². The van der Waals surface area contributed by atoms with Crippen molar-refractivity contribution in [2.45, 2.75) is 44.4 Å². The van der Waals surface area contributed by atoms with Crippen molar-refractivity contribution < 1.29 is 0 Å². The average Bonchev–Trinajstić information content (AvgIpc) is 2.38. The Morgan fingerprint density at radius 1 is 1.12 bits per heavy atom. The second-order valence-corrected chi connectivity index (χ2v) is 5.00. The SMILES string of the molecule is CCCCC1(c2ccccc2)CCNCC1.N. The second kappa shape index (κ2) is 6.77. The molecule has 0 unspecified atom stereocenters. The first-order valence-corrected chi connectivity index (χ1v) is 6.64. The first-order valence-electron chi connectivity index (χ1n) is 6.64. The molecule has 4 N–H and O–H groups in total. The topological polar surface area (TPSA) is 47.0 Å². The molecule has 17 heavy (non-hydrogen) atoms. The first-order chi connectivity index (χ1) is 7.87. The van der Waals surface area contributed by atoms with E-state index in [0.717, 1.165) is 0 Å². The average molecular weight is 234 g/mol. The maximum absolute atomic E-state index is 3.49. The van der Waals surface area contributed by atoms with Gasteiger partial charge < -0.3 is 11.5 Å². The maximum atomic E-state index is 3.49. The lowest BCUT2D eigenvalue weighted by Crippen LogP contribution is -2.39. The minimum atomic E-state index is 0. The van der Waals surface area contributed by atoms with E-state index in [1.807, 2.05) is 0 Å². The molecule has 1 fully saturated rings. The Morgan fingerprint density at radius 2 is 1.76 bits per heavy atom. The van der Waals surface area contributed by atoms with Crippen molar-refractivity contribution in [3.05, 3.63) is 35.9 Å². The van der Waals surface area contributed by atoms with Crippen molar-refractivity contribution in [2.24, 2.45) is 0 Å². The van der Waals surface area contributed by atoms with E-state index in [0.29, 0.717) is 5.41 Å². The van der Waals surface area contributed by atoms with Crippen LogP contribution in [0.25, 0.3) is 0 Å². The summed E-state index contributed by atoms with van der Waals surface area (Å²) in [7, 11) is 0. The van der Waals surface area contributed by atoms with Crippen molar-refractivity contribution in [2.75, 3.05) is 13.1 Å². The highest BCUT2D eigenvalue weighted by atomic mass is 14.9. The summed E-state index contributed by atoms with van der Waals surface area (Å²) < 4.78 is 0. The Labute approximate surface area is 105 Å². The van der Waals surface area contributed by atoms with Crippen LogP contribution < -0.4 is 11.5 Å². The van der Waals surface area contributed by atoms with Crippen molar-refractivity contribution in [1.82, 2.24) is 11.5 Å². The van der Waals surface area contributed by atoms with Gasteiger partial charge in [-0.15, -0.1) is 0 Å². The van der Waals surface area contributed by atoms with Gasteiger partial charge in [-0.25, -0.2) is 0 Å². The maximum Gasteiger partial charge on any atom is -0.00229 e. The van der Waals surface area contributed by atoms with Crippen LogP contribution in [0.5, 0.6) is 0 Å². The first kappa shape index (κ1) is 14.2. The summed E-state index contributed by atoms with van der Waals surface area (Å²) >= 11 is 0. The molecular weight excluding hydrogens is 208 g/mol.